The molecule has 1 aliphatic heterocycles. The highest BCUT2D eigenvalue weighted by molar-refractivity contribution is 14.1. The normalized spacial score (nSPS) is 19.8. The average molecular weight is 332 g/mol. The fourth-order valence-electron chi connectivity index (χ4n) is 1.61. The molecule has 2 unspecified atom stereocenters. The highest BCUT2D eigenvalue weighted by Crippen LogP contribution is 2.34. The van der Waals surface area contributed by atoms with Gasteiger partial charge in [-0.1, -0.05) is 47.7 Å². The number of halogens is 1. The maximum Gasteiger partial charge on any atom is 0.319 e. The van der Waals surface area contributed by atoms with Crippen LogP contribution in [0.4, 0.5) is 0 Å². The Bertz CT molecular complexity index is 392. The number of fused-ring (bicyclic) bond motifs is 1. The van der Waals surface area contributed by atoms with Crippen LogP contribution in [0.5, 0.6) is 5.75 Å². The second-order valence-electron chi connectivity index (χ2n) is 3.65. The zero-order valence-electron chi connectivity index (χ0n) is 8.98. The molecule has 1 aromatic carbocycles. The van der Waals surface area contributed by atoms with Crippen molar-refractivity contribution >= 4 is 28.6 Å². The fourth-order valence-corrected chi connectivity index (χ4v) is 1.76. The zero-order valence-corrected chi connectivity index (χ0v) is 11.1. The molecule has 4 heteroatoms. The summed E-state index contributed by atoms with van der Waals surface area (Å²) in [6.07, 6.45) is 0.543. The van der Waals surface area contributed by atoms with Gasteiger partial charge in [0.25, 0.3) is 0 Å². The third kappa shape index (κ3) is 2.31. The summed E-state index contributed by atoms with van der Waals surface area (Å²) in [6, 6.07) is 7.67. The van der Waals surface area contributed by atoms with E-state index in [0.29, 0.717) is 6.61 Å². The number of para-hydroxylation sites is 1. The number of hydrogen-bond acceptors (Lipinski definition) is 3. The summed E-state index contributed by atoms with van der Waals surface area (Å²) in [6.45, 7) is 2.40. The van der Waals surface area contributed by atoms with Gasteiger partial charge in [-0.05, 0) is 12.5 Å². The van der Waals surface area contributed by atoms with E-state index in [2.05, 4.69) is 22.6 Å². The lowest BCUT2D eigenvalue weighted by Crippen LogP contribution is -2.20. The van der Waals surface area contributed by atoms with Crippen LogP contribution in [0.2, 0.25) is 0 Å². The van der Waals surface area contributed by atoms with E-state index >= 15 is 0 Å². The Hall–Kier alpha value is -0.780. The summed E-state index contributed by atoms with van der Waals surface area (Å²) >= 11 is 2.10. The highest BCUT2D eigenvalue weighted by Gasteiger charge is 2.28. The molecule has 0 saturated carbocycles. The van der Waals surface area contributed by atoms with Crippen molar-refractivity contribution in [3.05, 3.63) is 29.8 Å². The van der Waals surface area contributed by atoms with Crippen molar-refractivity contribution in [3.8, 4) is 5.75 Å². The second kappa shape index (κ2) is 5.03. The standard InChI is InChI=1S/C12H13IO3/c1-2-9(13)12(14)16-11-7-15-10-6-4-3-5-8(10)11/h3-6,9,11H,2,7H2,1H3. The summed E-state index contributed by atoms with van der Waals surface area (Å²) in [5.74, 6) is 0.662. The largest absolute Gasteiger partial charge is 0.489 e. The zero-order chi connectivity index (χ0) is 11.5. The Morgan fingerprint density at radius 3 is 3.12 bits per heavy atom. The van der Waals surface area contributed by atoms with Crippen molar-refractivity contribution < 1.29 is 14.3 Å². The molecule has 0 amide bonds. The number of carbonyl (C=O) groups is 1. The van der Waals surface area contributed by atoms with E-state index < -0.39 is 0 Å². The number of alkyl halides is 1. The summed E-state index contributed by atoms with van der Waals surface area (Å²) in [7, 11) is 0. The van der Waals surface area contributed by atoms with Gasteiger partial charge in [-0.3, -0.25) is 4.79 Å². The van der Waals surface area contributed by atoms with Gasteiger partial charge >= 0.3 is 5.97 Å². The van der Waals surface area contributed by atoms with E-state index in [9.17, 15) is 4.79 Å². The maximum atomic E-state index is 11.7. The number of ether oxygens (including phenoxy) is 2. The van der Waals surface area contributed by atoms with E-state index in [-0.39, 0.29) is 16.0 Å². The van der Waals surface area contributed by atoms with Crippen LogP contribution in [0.25, 0.3) is 0 Å². The molecule has 1 aliphatic rings. The summed E-state index contributed by atoms with van der Waals surface area (Å²) in [4.78, 5) is 11.7. The van der Waals surface area contributed by atoms with E-state index in [1.165, 1.54) is 0 Å². The van der Waals surface area contributed by atoms with Crippen LogP contribution in [0.15, 0.2) is 24.3 Å². The van der Waals surface area contributed by atoms with Gasteiger partial charge in [-0.25, -0.2) is 0 Å². The molecular formula is C12H13IO3. The van der Waals surface area contributed by atoms with Gasteiger partial charge < -0.3 is 9.47 Å². The van der Waals surface area contributed by atoms with Crippen LogP contribution in [-0.4, -0.2) is 16.5 Å². The van der Waals surface area contributed by atoms with Crippen LogP contribution in [0.1, 0.15) is 25.0 Å². The Balaban J connectivity index is 2.06. The molecule has 0 bridgehead atoms. The lowest BCUT2D eigenvalue weighted by Gasteiger charge is -2.13. The maximum absolute atomic E-state index is 11.7. The predicted molar refractivity (Wildman–Crippen MR) is 68.9 cm³/mol. The molecule has 0 spiro atoms. The van der Waals surface area contributed by atoms with Crippen LogP contribution in [-0.2, 0) is 9.53 Å². The molecule has 86 valence electrons. The van der Waals surface area contributed by atoms with Gasteiger partial charge in [0.2, 0.25) is 0 Å². The predicted octanol–water partition coefficient (Wildman–Crippen LogP) is 2.88. The van der Waals surface area contributed by atoms with Crippen molar-refractivity contribution in [2.45, 2.75) is 23.4 Å². The first kappa shape index (κ1) is 11.7. The molecular weight excluding hydrogens is 319 g/mol. The van der Waals surface area contributed by atoms with Gasteiger partial charge in [-0.15, -0.1) is 0 Å². The fraction of sp³-hybridized carbons (Fsp3) is 0.417. The van der Waals surface area contributed by atoms with Crippen LogP contribution in [0, 0.1) is 0 Å². The molecule has 1 aromatic rings. The Labute approximate surface area is 108 Å². The van der Waals surface area contributed by atoms with Crippen LogP contribution < -0.4 is 4.74 Å². The molecule has 0 aromatic heterocycles. The topological polar surface area (TPSA) is 35.5 Å². The van der Waals surface area contributed by atoms with E-state index in [1.54, 1.807) is 0 Å². The Morgan fingerprint density at radius 2 is 2.38 bits per heavy atom. The minimum atomic E-state index is -0.243. The SMILES string of the molecule is CCC(I)C(=O)OC1COc2ccccc21. The second-order valence-corrected chi connectivity index (χ2v) is 5.15. The smallest absolute Gasteiger partial charge is 0.319 e. The number of hydrogen-bond donors (Lipinski definition) is 0. The first-order valence-electron chi connectivity index (χ1n) is 5.28. The molecule has 1 heterocycles. The van der Waals surface area contributed by atoms with Crippen LogP contribution in [0.3, 0.4) is 0 Å². The molecule has 0 N–H and O–H groups in total. The molecule has 2 rings (SSSR count). The van der Waals surface area contributed by atoms with Gasteiger partial charge in [0.15, 0.2) is 6.10 Å². The molecule has 0 saturated heterocycles. The molecule has 2 atom stereocenters. The highest BCUT2D eigenvalue weighted by atomic mass is 127. The summed E-state index contributed by atoms with van der Waals surface area (Å²) in [5.41, 5.74) is 0.968. The Morgan fingerprint density at radius 1 is 1.62 bits per heavy atom. The van der Waals surface area contributed by atoms with Crippen LogP contribution >= 0.6 is 22.6 Å². The van der Waals surface area contributed by atoms with E-state index in [4.69, 9.17) is 9.47 Å². The molecule has 0 fully saturated rings. The Kier molecular flexibility index (Phi) is 3.68. The van der Waals surface area contributed by atoms with E-state index in [0.717, 1.165) is 17.7 Å². The molecule has 3 nitrogen and oxygen atoms in total. The monoisotopic (exact) mass is 332 g/mol. The number of esters is 1. The summed E-state index contributed by atoms with van der Waals surface area (Å²) in [5, 5.41) is 0. The first-order valence-corrected chi connectivity index (χ1v) is 6.53. The molecule has 0 aliphatic carbocycles. The minimum Gasteiger partial charge on any atom is -0.489 e. The average Bonchev–Trinajstić information content (AvgIpc) is 2.72. The first-order chi connectivity index (χ1) is 7.72. The van der Waals surface area contributed by atoms with Crippen molar-refractivity contribution in [1.29, 1.82) is 0 Å². The van der Waals surface area contributed by atoms with Crippen molar-refractivity contribution in [2.75, 3.05) is 6.61 Å². The number of rotatable bonds is 3. The summed E-state index contributed by atoms with van der Waals surface area (Å²) < 4.78 is 10.8. The lowest BCUT2D eigenvalue weighted by atomic mass is 10.1. The van der Waals surface area contributed by atoms with Gasteiger partial charge in [0.1, 0.15) is 16.3 Å². The minimum absolute atomic E-state index is 0.0784. The number of carbonyl (C=O) groups excluding carboxylic acids is 1. The van der Waals surface area contributed by atoms with Gasteiger partial charge in [-0.2, -0.15) is 0 Å². The molecule has 16 heavy (non-hydrogen) atoms. The van der Waals surface area contributed by atoms with Gasteiger partial charge in [0.05, 0.1) is 0 Å². The van der Waals surface area contributed by atoms with Crippen molar-refractivity contribution in [2.24, 2.45) is 0 Å². The van der Waals surface area contributed by atoms with Crippen molar-refractivity contribution in [1.82, 2.24) is 0 Å². The quantitative estimate of drug-likeness (QED) is 0.485. The van der Waals surface area contributed by atoms with Gasteiger partial charge in [0, 0.05) is 5.56 Å². The van der Waals surface area contributed by atoms with E-state index in [1.807, 2.05) is 31.2 Å². The lowest BCUT2D eigenvalue weighted by molar-refractivity contribution is -0.148. The molecule has 0 radical (unpaired) electrons. The third-order valence-corrected chi connectivity index (χ3v) is 3.92. The number of benzene rings is 1. The third-order valence-electron chi connectivity index (χ3n) is 2.53. The van der Waals surface area contributed by atoms with Crippen molar-refractivity contribution in [3.63, 3.8) is 0 Å².